The van der Waals surface area contributed by atoms with Gasteiger partial charge in [0.2, 0.25) is 0 Å². The molecule has 0 N–H and O–H groups in total. The third-order valence-corrected chi connectivity index (χ3v) is 3.75. The monoisotopic (exact) mass is 290 g/mol. The molecule has 3 nitrogen and oxygen atoms in total. The Labute approximate surface area is 128 Å². The number of benzene rings is 1. The highest BCUT2D eigenvalue weighted by Crippen LogP contribution is 2.17. The number of rotatable bonds is 9. The zero-order valence-electron chi connectivity index (χ0n) is 13.5. The molecule has 0 aliphatic rings. The van der Waals surface area contributed by atoms with E-state index in [9.17, 15) is 4.79 Å². The van der Waals surface area contributed by atoms with E-state index in [4.69, 9.17) is 9.47 Å². The molecule has 0 spiro atoms. The number of hydrogen-bond donors (Lipinski definition) is 0. The van der Waals surface area contributed by atoms with Crippen molar-refractivity contribution in [2.75, 3.05) is 7.11 Å². The molecule has 0 radical (unpaired) electrons. The lowest BCUT2D eigenvalue weighted by molar-refractivity contribution is -0.104. The maximum atomic E-state index is 10.5. The summed E-state index contributed by atoms with van der Waals surface area (Å²) in [5, 5.41) is 0. The third-order valence-electron chi connectivity index (χ3n) is 3.75. The van der Waals surface area contributed by atoms with Gasteiger partial charge >= 0.3 is 0 Å². The average Bonchev–Trinajstić information content (AvgIpc) is 2.52. The predicted octanol–water partition coefficient (Wildman–Crippen LogP) is 4.16. The van der Waals surface area contributed by atoms with Crippen LogP contribution in [0, 0.1) is 5.92 Å². The van der Waals surface area contributed by atoms with E-state index < -0.39 is 0 Å². The molecule has 0 aliphatic heterocycles. The van der Waals surface area contributed by atoms with Crippen molar-refractivity contribution in [3.8, 4) is 5.75 Å². The van der Waals surface area contributed by atoms with Crippen LogP contribution in [0.3, 0.4) is 0 Å². The Bertz CT molecular complexity index is 448. The highest BCUT2D eigenvalue weighted by atomic mass is 16.5. The molecule has 21 heavy (non-hydrogen) atoms. The third kappa shape index (κ3) is 6.58. The van der Waals surface area contributed by atoms with Gasteiger partial charge in [-0.05, 0) is 55.9 Å². The van der Waals surface area contributed by atoms with E-state index in [1.165, 1.54) is 0 Å². The highest BCUT2D eigenvalue weighted by molar-refractivity contribution is 5.71. The molecule has 3 heteroatoms. The number of carbonyl (C=O) groups is 1. The van der Waals surface area contributed by atoms with Gasteiger partial charge in [0.05, 0.1) is 19.8 Å². The van der Waals surface area contributed by atoms with E-state index >= 15 is 0 Å². The minimum absolute atomic E-state index is 0.192. The second-order valence-corrected chi connectivity index (χ2v) is 5.48. The summed E-state index contributed by atoms with van der Waals surface area (Å²) >= 11 is 0. The van der Waals surface area contributed by atoms with Crippen LogP contribution in [0.2, 0.25) is 0 Å². The summed E-state index contributed by atoms with van der Waals surface area (Å²) in [7, 11) is 1.66. The number of allylic oxidation sites excluding steroid dienone is 2. The molecule has 2 unspecified atom stereocenters. The molecule has 0 heterocycles. The van der Waals surface area contributed by atoms with E-state index in [1.807, 2.05) is 37.3 Å². The molecule has 0 aliphatic carbocycles. The molecule has 1 aromatic rings. The van der Waals surface area contributed by atoms with Crippen LogP contribution in [0.5, 0.6) is 5.75 Å². The molecule has 0 aromatic heterocycles. The lowest BCUT2D eigenvalue weighted by Crippen LogP contribution is -2.18. The van der Waals surface area contributed by atoms with Crippen molar-refractivity contribution in [2.45, 2.75) is 46.3 Å². The number of carbonyl (C=O) groups excluding carboxylic acids is 1. The fourth-order valence-electron chi connectivity index (χ4n) is 1.97. The van der Waals surface area contributed by atoms with E-state index in [2.05, 4.69) is 13.8 Å². The summed E-state index contributed by atoms with van der Waals surface area (Å²) < 4.78 is 11.1. The van der Waals surface area contributed by atoms with Crippen molar-refractivity contribution in [1.29, 1.82) is 0 Å². The Kier molecular flexibility index (Phi) is 7.76. The second-order valence-electron chi connectivity index (χ2n) is 5.48. The van der Waals surface area contributed by atoms with Gasteiger partial charge in [-0.3, -0.25) is 4.79 Å². The first kappa shape index (κ1) is 17.4. The van der Waals surface area contributed by atoms with E-state index in [0.29, 0.717) is 12.5 Å². The molecule has 0 saturated heterocycles. The van der Waals surface area contributed by atoms with Gasteiger partial charge in [-0.15, -0.1) is 0 Å². The molecular weight excluding hydrogens is 264 g/mol. The summed E-state index contributed by atoms with van der Waals surface area (Å²) in [6, 6.07) is 7.93. The maximum Gasteiger partial charge on any atom is 0.145 e. The number of ether oxygens (including phenoxy) is 2. The molecule has 1 aromatic carbocycles. The molecule has 2 atom stereocenters. The van der Waals surface area contributed by atoms with Crippen LogP contribution in [0.1, 0.15) is 39.2 Å². The van der Waals surface area contributed by atoms with Gasteiger partial charge < -0.3 is 9.47 Å². The first-order valence-corrected chi connectivity index (χ1v) is 7.43. The van der Waals surface area contributed by atoms with Gasteiger partial charge in [-0.25, -0.2) is 0 Å². The molecular formula is C18H26O3. The Balaban J connectivity index is 2.34. The summed E-state index contributed by atoms with van der Waals surface area (Å²) in [5.41, 5.74) is 1.94. The number of hydrogen-bond acceptors (Lipinski definition) is 3. The van der Waals surface area contributed by atoms with Gasteiger partial charge in [-0.2, -0.15) is 0 Å². The zero-order valence-corrected chi connectivity index (χ0v) is 13.5. The number of aldehydes is 1. The van der Waals surface area contributed by atoms with Crippen molar-refractivity contribution in [3.05, 3.63) is 41.5 Å². The van der Waals surface area contributed by atoms with Gasteiger partial charge in [-0.1, -0.05) is 25.1 Å². The summed E-state index contributed by atoms with van der Waals surface area (Å²) in [5.74, 6) is 1.32. The molecule has 0 bridgehead atoms. The Morgan fingerprint density at radius 2 is 1.90 bits per heavy atom. The summed E-state index contributed by atoms with van der Waals surface area (Å²) in [6.45, 7) is 6.73. The van der Waals surface area contributed by atoms with E-state index in [-0.39, 0.29) is 6.10 Å². The summed E-state index contributed by atoms with van der Waals surface area (Å²) in [6.07, 6.45) is 5.02. The van der Waals surface area contributed by atoms with Crippen molar-refractivity contribution in [1.82, 2.24) is 0 Å². The van der Waals surface area contributed by atoms with E-state index in [1.54, 1.807) is 7.11 Å². The summed E-state index contributed by atoms with van der Waals surface area (Å²) in [4.78, 5) is 10.5. The van der Waals surface area contributed by atoms with Crippen LogP contribution in [-0.2, 0) is 16.1 Å². The highest BCUT2D eigenvalue weighted by Gasteiger charge is 2.12. The van der Waals surface area contributed by atoms with Crippen LogP contribution in [-0.4, -0.2) is 19.5 Å². The Hall–Kier alpha value is -1.61. The van der Waals surface area contributed by atoms with Crippen molar-refractivity contribution < 1.29 is 14.3 Å². The molecule has 0 fully saturated rings. The van der Waals surface area contributed by atoms with Gasteiger partial charge in [0.25, 0.3) is 0 Å². The average molecular weight is 290 g/mol. The SMILES string of the molecule is COc1ccc(COC(C)C(C)CC/C=C(\C)C=O)cc1. The normalized spacial score (nSPS) is 14.6. The maximum absolute atomic E-state index is 10.5. The van der Waals surface area contributed by atoms with E-state index in [0.717, 1.165) is 36.0 Å². The van der Waals surface area contributed by atoms with Crippen molar-refractivity contribution >= 4 is 6.29 Å². The Morgan fingerprint density at radius 1 is 1.24 bits per heavy atom. The minimum Gasteiger partial charge on any atom is -0.497 e. The number of methoxy groups -OCH3 is 1. The fourth-order valence-corrected chi connectivity index (χ4v) is 1.97. The van der Waals surface area contributed by atoms with Gasteiger partial charge in [0.1, 0.15) is 12.0 Å². The largest absolute Gasteiger partial charge is 0.497 e. The van der Waals surface area contributed by atoms with Crippen LogP contribution < -0.4 is 4.74 Å². The predicted molar refractivity (Wildman–Crippen MR) is 85.5 cm³/mol. The zero-order chi connectivity index (χ0) is 15.7. The Morgan fingerprint density at radius 3 is 2.48 bits per heavy atom. The lowest BCUT2D eigenvalue weighted by Gasteiger charge is -2.20. The van der Waals surface area contributed by atoms with Gasteiger partial charge in [0, 0.05) is 0 Å². The fraction of sp³-hybridized carbons (Fsp3) is 0.500. The van der Waals surface area contributed by atoms with Crippen molar-refractivity contribution in [2.24, 2.45) is 5.92 Å². The second kappa shape index (κ2) is 9.35. The smallest absolute Gasteiger partial charge is 0.145 e. The first-order chi connectivity index (χ1) is 10.1. The van der Waals surface area contributed by atoms with Crippen LogP contribution in [0.25, 0.3) is 0 Å². The topological polar surface area (TPSA) is 35.5 Å². The molecule has 0 saturated carbocycles. The van der Waals surface area contributed by atoms with Crippen LogP contribution in [0.4, 0.5) is 0 Å². The van der Waals surface area contributed by atoms with Crippen LogP contribution in [0.15, 0.2) is 35.9 Å². The first-order valence-electron chi connectivity index (χ1n) is 7.43. The standard InChI is InChI=1S/C18H26O3/c1-14(12-19)6-5-7-15(2)16(3)21-13-17-8-10-18(20-4)11-9-17/h6,8-12,15-16H,5,7,13H2,1-4H3/b14-6+. The lowest BCUT2D eigenvalue weighted by atomic mass is 9.99. The quantitative estimate of drug-likeness (QED) is 0.506. The van der Waals surface area contributed by atoms with Crippen molar-refractivity contribution in [3.63, 3.8) is 0 Å². The molecule has 0 amide bonds. The van der Waals surface area contributed by atoms with Crippen LogP contribution >= 0.6 is 0 Å². The van der Waals surface area contributed by atoms with Gasteiger partial charge in [0.15, 0.2) is 0 Å². The molecule has 116 valence electrons. The minimum atomic E-state index is 0.192. The molecule has 1 rings (SSSR count).